The Hall–Kier alpha value is -2.70. The van der Waals surface area contributed by atoms with Gasteiger partial charge in [-0.05, 0) is 26.0 Å². The van der Waals surface area contributed by atoms with Crippen molar-refractivity contribution in [1.82, 2.24) is 10.1 Å². The van der Waals surface area contributed by atoms with Gasteiger partial charge in [-0.25, -0.2) is 9.78 Å². The van der Waals surface area contributed by atoms with Gasteiger partial charge in [0.05, 0.1) is 6.61 Å². The molecule has 2 heterocycles. The largest absolute Gasteiger partial charge is 0.461 e. The first kappa shape index (κ1) is 13.7. The molecule has 7 nitrogen and oxygen atoms in total. The van der Waals surface area contributed by atoms with E-state index in [1.807, 2.05) is 0 Å². The van der Waals surface area contributed by atoms with Crippen molar-refractivity contribution >= 4 is 17.7 Å². The Labute approximate surface area is 114 Å². The average Bonchev–Trinajstić information content (AvgIpc) is 2.84. The number of nitrogens with one attached hydrogen (secondary N) is 1. The Morgan fingerprint density at radius 1 is 1.35 bits per heavy atom. The maximum Gasteiger partial charge on any atom is 0.356 e. The fraction of sp³-hybridized carbons (Fsp3) is 0.231. The van der Waals surface area contributed by atoms with Gasteiger partial charge in [0.25, 0.3) is 5.91 Å². The zero-order chi connectivity index (χ0) is 14.5. The molecule has 0 aliphatic carbocycles. The van der Waals surface area contributed by atoms with Gasteiger partial charge >= 0.3 is 5.97 Å². The lowest BCUT2D eigenvalue weighted by Crippen LogP contribution is -2.16. The third-order valence-electron chi connectivity index (χ3n) is 2.34. The SMILES string of the molecule is CCOC(=O)c1cccc(C(=O)Nc2cc(C)on2)n1. The lowest BCUT2D eigenvalue weighted by Gasteiger charge is -2.03. The molecule has 7 heteroatoms. The van der Waals surface area contributed by atoms with Crippen LogP contribution in [-0.2, 0) is 4.74 Å². The second-order valence-electron chi connectivity index (χ2n) is 3.91. The molecule has 0 spiro atoms. The fourth-order valence-electron chi connectivity index (χ4n) is 1.49. The van der Waals surface area contributed by atoms with Gasteiger partial charge in [0.2, 0.25) is 0 Å². The minimum absolute atomic E-state index is 0.0795. The molecule has 20 heavy (non-hydrogen) atoms. The van der Waals surface area contributed by atoms with E-state index in [9.17, 15) is 9.59 Å². The quantitative estimate of drug-likeness (QED) is 0.855. The van der Waals surface area contributed by atoms with Crippen LogP contribution < -0.4 is 5.32 Å². The molecular formula is C13H13N3O4. The molecule has 2 aromatic rings. The summed E-state index contributed by atoms with van der Waals surface area (Å²) < 4.78 is 9.66. The van der Waals surface area contributed by atoms with Gasteiger partial charge in [-0.15, -0.1) is 0 Å². The third-order valence-corrected chi connectivity index (χ3v) is 2.34. The molecule has 0 atom stereocenters. The number of ether oxygens (including phenoxy) is 1. The Morgan fingerprint density at radius 2 is 2.10 bits per heavy atom. The molecule has 1 N–H and O–H groups in total. The van der Waals surface area contributed by atoms with Crippen molar-refractivity contribution in [1.29, 1.82) is 0 Å². The number of hydrogen-bond donors (Lipinski definition) is 1. The number of anilines is 1. The van der Waals surface area contributed by atoms with Crippen molar-refractivity contribution in [2.75, 3.05) is 11.9 Å². The molecule has 104 valence electrons. The van der Waals surface area contributed by atoms with Gasteiger partial charge in [-0.2, -0.15) is 0 Å². The molecule has 0 saturated heterocycles. The van der Waals surface area contributed by atoms with Gasteiger partial charge in [0.1, 0.15) is 17.1 Å². The highest BCUT2D eigenvalue weighted by Gasteiger charge is 2.14. The molecule has 2 rings (SSSR count). The Kier molecular flexibility index (Phi) is 4.09. The van der Waals surface area contributed by atoms with E-state index in [2.05, 4.69) is 15.5 Å². The standard InChI is InChI=1S/C13H13N3O4/c1-3-19-13(18)10-6-4-5-9(14-10)12(17)15-11-7-8(2)20-16-11/h4-7H,3H2,1-2H3,(H,15,16,17). The van der Waals surface area contributed by atoms with Crippen molar-refractivity contribution < 1.29 is 18.8 Å². The monoisotopic (exact) mass is 275 g/mol. The van der Waals surface area contributed by atoms with Crippen molar-refractivity contribution in [2.24, 2.45) is 0 Å². The topological polar surface area (TPSA) is 94.3 Å². The molecule has 0 bridgehead atoms. The van der Waals surface area contributed by atoms with Crippen molar-refractivity contribution in [3.8, 4) is 0 Å². The summed E-state index contributed by atoms with van der Waals surface area (Å²) in [5.74, 6) is -0.187. The van der Waals surface area contributed by atoms with E-state index in [-0.39, 0.29) is 23.8 Å². The summed E-state index contributed by atoms with van der Waals surface area (Å²) in [6.07, 6.45) is 0. The summed E-state index contributed by atoms with van der Waals surface area (Å²) >= 11 is 0. The number of carbonyl (C=O) groups excluding carboxylic acids is 2. The van der Waals surface area contributed by atoms with Gasteiger partial charge in [0, 0.05) is 6.07 Å². The second-order valence-corrected chi connectivity index (χ2v) is 3.91. The summed E-state index contributed by atoms with van der Waals surface area (Å²) in [6.45, 7) is 3.65. The molecule has 0 aromatic carbocycles. The van der Waals surface area contributed by atoms with E-state index >= 15 is 0 Å². The molecule has 0 unspecified atom stereocenters. The molecule has 0 saturated carbocycles. The Balaban J connectivity index is 2.14. The van der Waals surface area contributed by atoms with E-state index < -0.39 is 11.9 Å². The average molecular weight is 275 g/mol. The number of hydrogen-bond acceptors (Lipinski definition) is 6. The van der Waals surface area contributed by atoms with Gasteiger partial charge in [-0.1, -0.05) is 11.2 Å². The van der Waals surface area contributed by atoms with Gasteiger partial charge in [0.15, 0.2) is 5.82 Å². The summed E-state index contributed by atoms with van der Waals surface area (Å²) in [5, 5.41) is 6.16. The molecule has 2 aromatic heterocycles. The molecule has 0 aliphatic heterocycles. The smallest absolute Gasteiger partial charge is 0.356 e. The summed E-state index contributed by atoms with van der Waals surface area (Å²) in [7, 11) is 0. The van der Waals surface area contributed by atoms with Crippen molar-refractivity contribution in [3.05, 3.63) is 41.4 Å². The number of amides is 1. The number of nitrogens with zero attached hydrogens (tertiary/aromatic N) is 2. The molecule has 0 fully saturated rings. The first-order valence-corrected chi connectivity index (χ1v) is 5.99. The van der Waals surface area contributed by atoms with Crippen LogP contribution in [0, 0.1) is 6.92 Å². The van der Waals surface area contributed by atoms with E-state index in [0.29, 0.717) is 5.76 Å². The maximum atomic E-state index is 11.9. The first-order valence-electron chi connectivity index (χ1n) is 5.99. The van der Waals surface area contributed by atoms with Gasteiger partial charge < -0.3 is 14.6 Å². The second kappa shape index (κ2) is 5.96. The van der Waals surface area contributed by atoms with E-state index in [1.165, 1.54) is 12.1 Å². The van der Waals surface area contributed by atoms with Crippen LogP contribution in [0.5, 0.6) is 0 Å². The minimum atomic E-state index is -0.570. The predicted molar refractivity (Wildman–Crippen MR) is 69.4 cm³/mol. The van der Waals surface area contributed by atoms with Crippen molar-refractivity contribution in [3.63, 3.8) is 0 Å². The number of esters is 1. The number of pyridine rings is 1. The third kappa shape index (κ3) is 3.19. The number of rotatable bonds is 4. The highest BCUT2D eigenvalue weighted by atomic mass is 16.5. The summed E-state index contributed by atoms with van der Waals surface area (Å²) in [4.78, 5) is 27.4. The minimum Gasteiger partial charge on any atom is -0.461 e. The molecule has 1 amide bonds. The van der Waals surface area contributed by atoms with Crippen LogP contribution in [-0.4, -0.2) is 28.6 Å². The molecule has 0 aliphatic rings. The van der Waals surface area contributed by atoms with Crippen LogP contribution in [0.25, 0.3) is 0 Å². The highest BCUT2D eigenvalue weighted by Crippen LogP contribution is 2.09. The van der Waals surface area contributed by atoms with Crippen LogP contribution in [0.1, 0.15) is 33.7 Å². The lowest BCUT2D eigenvalue weighted by atomic mass is 10.3. The van der Waals surface area contributed by atoms with Gasteiger partial charge in [-0.3, -0.25) is 4.79 Å². The predicted octanol–water partition coefficient (Wildman–Crippen LogP) is 1.81. The van der Waals surface area contributed by atoms with Crippen molar-refractivity contribution in [2.45, 2.75) is 13.8 Å². The maximum absolute atomic E-state index is 11.9. The highest BCUT2D eigenvalue weighted by molar-refractivity contribution is 6.03. The normalized spacial score (nSPS) is 10.1. The number of aryl methyl sites for hydroxylation is 1. The van der Waals surface area contributed by atoms with Crippen LogP contribution in [0.4, 0.5) is 5.82 Å². The van der Waals surface area contributed by atoms with E-state index in [1.54, 1.807) is 26.0 Å². The number of aromatic nitrogens is 2. The van der Waals surface area contributed by atoms with E-state index in [4.69, 9.17) is 9.26 Å². The molecule has 0 radical (unpaired) electrons. The fourth-order valence-corrected chi connectivity index (χ4v) is 1.49. The van der Waals surface area contributed by atoms with E-state index in [0.717, 1.165) is 0 Å². The zero-order valence-electron chi connectivity index (χ0n) is 11.0. The molecular weight excluding hydrogens is 262 g/mol. The summed E-state index contributed by atoms with van der Waals surface area (Å²) in [5.41, 5.74) is 0.173. The lowest BCUT2D eigenvalue weighted by molar-refractivity contribution is 0.0519. The van der Waals surface area contributed by atoms with Crippen LogP contribution in [0.2, 0.25) is 0 Å². The van der Waals surface area contributed by atoms with Crippen LogP contribution >= 0.6 is 0 Å². The summed E-state index contributed by atoms with van der Waals surface area (Å²) in [6, 6.07) is 6.11. The first-order chi connectivity index (χ1) is 9.60. The Morgan fingerprint density at radius 3 is 2.75 bits per heavy atom. The van der Waals surface area contributed by atoms with Crippen LogP contribution in [0.15, 0.2) is 28.8 Å². The Bertz CT molecular complexity index is 636. The van der Waals surface area contributed by atoms with Crippen LogP contribution in [0.3, 0.4) is 0 Å². The zero-order valence-corrected chi connectivity index (χ0v) is 11.0. The number of carbonyl (C=O) groups is 2.